The number of nitrogens with zero attached hydrogens (tertiary/aromatic N) is 2. The molecule has 3 heteroatoms. The average molecular weight is 263 g/mol. The fourth-order valence-corrected chi connectivity index (χ4v) is 3.22. The predicted molar refractivity (Wildman–Crippen MR) is 81.4 cm³/mol. The highest BCUT2D eigenvalue weighted by Crippen LogP contribution is 2.20. The zero-order valence-electron chi connectivity index (χ0n) is 12.7. The standard InChI is InChI=1S/C16H29N3/c1-4-16(17-2)14-8-11-19(13-14)12-9-15-7-5-6-10-18(15)3/h8,11,13,15-17H,4-7,9-10,12H2,1-3H3. The molecular formula is C16H29N3. The van der Waals surface area contributed by atoms with Gasteiger partial charge < -0.3 is 14.8 Å². The number of aryl methyl sites for hydroxylation is 1. The highest BCUT2D eigenvalue weighted by atomic mass is 15.1. The summed E-state index contributed by atoms with van der Waals surface area (Å²) in [7, 11) is 4.32. The van der Waals surface area contributed by atoms with Gasteiger partial charge in [0.15, 0.2) is 0 Å². The molecule has 2 atom stereocenters. The summed E-state index contributed by atoms with van der Waals surface area (Å²) in [5.41, 5.74) is 1.42. The number of nitrogens with one attached hydrogen (secondary N) is 1. The molecule has 108 valence electrons. The van der Waals surface area contributed by atoms with Crippen molar-refractivity contribution in [3.05, 3.63) is 24.0 Å². The largest absolute Gasteiger partial charge is 0.354 e. The van der Waals surface area contributed by atoms with E-state index in [-0.39, 0.29) is 0 Å². The van der Waals surface area contributed by atoms with Crippen molar-refractivity contribution in [2.75, 3.05) is 20.6 Å². The quantitative estimate of drug-likeness (QED) is 0.851. The molecule has 2 heterocycles. The minimum absolute atomic E-state index is 0.499. The summed E-state index contributed by atoms with van der Waals surface area (Å²) in [5, 5.41) is 3.37. The Balaban J connectivity index is 1.86. The minimum atomic E-state index is 0.499. The van der Waals surface area contributed by atoms with Gasteiger partial charge in [-0.3, -0.25) is 0 Å². The fourth-order valence-electron chi connectivity index (χ4n) is 3.22. The Morgan fingerprint density at radius 1 is 1.42 bits per heavy atom. The van der Waals surface area contributed by atoms with Gasteiger partial charge in [-0.05, 0) is 58.0 Å². The molecule has 0 amide bonds. The van der Waals surface area contributed by atoms with Crippen molar-refractivity contribution >= 4 is 0 Å². The van der Waals surface area contributed by atoms with Gasteiger partial charge in [-0.2, -0.15) is 0 Å². The van der Waals surface area contributed by atoms with Crippen molar-refractivity contribution < 1.29 is 0 Å². The molecule has 1 aliphatic rings. The molecule has 0 radical (unpaired) electrons. The summed E-state index contributed by atoms with van der Waals surface area (Å²) in [6, 6.07) is 3.54. The molecule has 19 heavy (non-hydrogen) atoms. The number of aromatic nitrogens is 1. The normalized spacial score (nSPS) is 22.6. The molecule has 1 saturated heterocycles. The van der Waals surface area contributed by atoms with Crippen molar-refractivity contribution in [3.8, 4) is 0 Å². The smallest absolute Gasteiger partial charge is 0.0329 e. The number of hydrogen-bond donors (Lipinski definition) is 1. The Kier molecular flexibility index (Phi) is 5.46. The van der Waals surface area contributed by atoms with Crippen molar-refractivity contribution in [1.82, 2.24) is 14.8 Å². The first-order valence-electron chi connectivity index (χ1n) is 7.77. The average Bonchev–Trinajstić information content (AvgIpc) is 2.88. The maximum absolute atomic E-state index is 3.37. The van der Waals surface area contributed by atoms with E-state index < -0.39 is 0 Å². The zero-order chi connectivity index (χ0) is 13.7. The van der Waals surface area contributed by atoms with Gasteiger partial charge in [0.25, 0.3) is 0 Å². The predicted octanol–water partition coefficient (Wildman–Crippen LogP) is 3.03. The van der Waals surface area contributed by atoms with Gasteiger partial charge in [0, 0.05) is 31.0 Å². The zero-order valence-corrected chi connectivity index (χ0v) is 12.7. The lowest BCUT2D eigenvalue weighted by Gasteiger charge is -2.32. The van der Waals surface area contributed by atoms with Gasteiger partial charge in [0.1, 0.15) is 0 Å². The van der Waals surface area contributed by atoms with Crippen molar-refractivity contribution in [3.63, 3.8) is 0 Å². The van der Waals surface area contributed by atoms with Crippen LogP contribution >= 0.6 is 0 Å². The second kappa shape index (κ2) is 7.11. The second-order valence-electron chi connectivity index (χ2n) is 5.85. The third kappa shape index (κ3) is 3.83. The number of piperidine rings is 1. The molecule has 1 N–H and O–H groups in total. The SMILES string of the molecule is CCC(NC)c1ccn(CCC2CCCCN2C)c1. The Labute approximate surface area is 118 Å². The molecular weight excluding hydrogens is 234 g/mol. The summed E-state index contributed by atoms with van der Waals surface area (Å²) in [6.07, 6.45) is 11.1. The van der Waals surface area contributed by atoms with Crippen LogP contribution in [-0.4, -0.2) is 36.1 Å². The third-order valence-electron chi connectivity index (χ3n) is 4.57. The first kappa shape index (κ1) is 14.6. The molecule has 2 rings (SSSR count). The molecule has 2 unspecified atom stereocenters. The molecule has 1 fully saturated rings. The molecule has 1 aromatic rings. The topological polar surface area (TPSA) is 20.2 Å². The van der Waals surface area contributed by atoms with E-state index in [0.29, 0.717) is 6.04 Å². The van der Waals surface area contributed by atoms with Gasteiger partial charge >= 0.3 is 0 Å². The van der Waals surface area contributed by atoms with Crippen LogP contribution < -0.4 is 5.32 Å². The lowest BCUT2D eigenvalue weighted by molar-refractivity contribution is 0.171. The molecule has 3 nitrogen and oxygen atoms in total. The van der Waals surface area contributed by atoms with Gasteiger partial charge in [-0.15, -0.1) is 0 Å². The van der Waals surface area contributed by atoms with Crippen LogP contribution in [0.1, 0.15) is 50.6 Å². The monoisotopic (exact) mass is 263 g/mol. The van der Waals surface area contributed by atoms with Crippen LogP contribution in [0.3, 0.4) is 0 Å². The van der Waals surface area contributed by atoms with Crippen molar-refractivity contribution in [1.29, 1.82) is 0 Å². The molecule has 0 bridgehead atoms. The first-order valence-corrected chi connectivity index (χ1v) is 7.77. The molecule has 0 saturated carbocycles. The summed E-state index contributed by atoms with van der Waals surface area (Å²) in [6.45, 7) is 4.66. The van der Waals surface area contributed by atoms with Gasteiger partial charge in [-0.25, -0.2) is 0 Å². The van der Waals surface area contributed by atoms with E-state index in [1.165, 1.54) is 37.8 Å². The van der Waals surface area contributed by atoms with Crippen LogP contribution in [0.15, 0.2) is 18.5 Å². The maximum atomic E-state index is 3.37. The second-order valence-corrected chi connectivity index (χ2v) is 5.85. The lowest BCUT2D eigenvalue weighted by atomic mass is 10.0. The summed E-state index contributed by atoms with van der Waals surface area (Å²) >= 11 is 0. The summed E-state index contributed by atoms with van der Waals surface area (Å²) < 4.78 is 2.36. The Morgan fingerprint density at radius 3 is 2.95 bits per heavy atom. The third-order valence-corrected chi connectivity index (χ3v) is 4.57. The summed E-state index contributed by atoms with van der Waals surface area (Å²) in [5.74, 6) is 0. The Bertz CT molecular complexity index is 368. The van der Waals surface area contributed by atoms with Gasteiger partial charge in [0.2, 0.25) is 0 Å². The Hall–Kier alpha value is -0.800. The van der Waals surface area contributed by atoms with E-state index >= 15 is 0 Å². The maximum Gasteiger partial charge on any atom is 0.0329 e. The highest BCUT2D eigenvalue weighted by molar-refractivity contribution is 5.15. The Morgan fingerprint density at radius 2 is 2.26 bits per heavy atom. The molecule has 1 aliphatic heterocycles. The fraction of sp³-hybridized carbons (Fsp3) is 0.750. The van der Waals surface area contributed by atoms with Gasteiger partial charge in [0.05, 0.1) is 0 Å². The number of hydrogen-bond acceptors (Lipinski definition) is 2. The van der Waals surface area contributed by atoms with Crippen LogP contribution in [0, 0.1) is 0 Å². The van der Waals surface area contributed by atoms with E-state index in [1.54, 1.807) is 0 Å². The minimum Gasteiger partial charge on any atom is -0.354 e. The van der Waals surface area contributed by atoms with E-state index in [1.807, 2.05) is 7.05 Å². The van der Waals surface area contributed by atoms with Crippen LogP contribution in [0.5, 0.6) is 0 Å². The van der Waals surface area contributed by atoms with Crippen LogP contribution in [0.4, 0.5) is 0 Å². The van der Waals surface area contributed by atoms with Gasteiger partial charge in [-0.1, -0.05) is 13.3 Å². The van der Waals surface area contributed by atoms with E-state index in [9.17, 15) is 0 Å². The van der Waals surface area contributed by atoms with Crippen molar-refractivity contribution in [2.24, 2.45) is 0 Å². The van der Waals surface area contributed by atoms with E-state index in [2.05, 4.69) is 47.2 Å². The van der Waals surface area contributed by atoms with E-state index in [0.717, 1.165) is 19.0 Å². The molecule has 0 spiro atoms. The highest BCUT2D eigenvalue weighted by Gasteiger charge is 2.18. The van der Waals surface area contributed by atoms with Crippen molar-refractivity contribution in [2.45, 2.75) is 57.7 Å². The molecule has 0 aliphatic carbocycles. The lowest BCUT2D eigenvalue weighted by Crippen LogP contribution is -2.36. The number of rotatable bonds is 6. The van der Waals surface area contributed by atoms with Crippen LogP contribution in [-0.2, 0) is 6.54 Å². The number of likely N-dealkylation sites (tertiary alicyclic amines) is 1. The van der Waals surface area contributed by atoms with E-state index in [4.69, 9.17) is 0 Å². The molecule has 1 aromatic heterocycles. The van der Waals surface area contributed by atoms with Crippen LogP contribution in [0.25, 0.3) is 0 Å². The summed E-state index contributed by atoms with van der Waals surface area (Å²) in [4.78, 5) is 2.54. The van der Waals surface area contributed by atoms with Crippen LogP contribution in [0.2, 0.25) is 0 Å². The molecule has 0 aromatic carbocycles. The first-order chi connectivity index (χ1) is 9.24.